The molecule has 5 heteroatoms. The minimum absolute atomic E-state index is 0.216. The third kappa shape index (κ3) is 6.40. The number of nitrogens with two attached hydrogens (primary N) is 1. The molecule has 1 amide bonds. The van der Waals surface area contributed by atoms with E-state index in [2.05, 4.69) is 5.32 Å². The first-order valence-electron chi connectivity index (χ1n) is 7.31. The molecular weight excluding hydrogens is 268 g/mol. The number of carbonyl (C=O) groups is 2. The normalized spacial score (nSPS) is 13.4. The molecule has 0 bridgehead atoms. The monoisotopic (exact) mass is 292 g/mol. The van der Waals surface area contributed by atoms with Gasteiger partial charge < -0.3 is 16.2 Å². The minimum atomic E-state index is -0.995. The summed E-state index contributed by atoms with van der Waals surface area (Å²) >= 11 is 0. The molecule has 1 aromatic carbocycles. The number of aliphatic carboxylic acids is 1. The number of carboxylic acids is 1. The highest BCUT2D eigenvalue weighted by Crippen LogP contribution is 2.08. The van der Waals surface area contributed by atoms with Crippen molar-refractivity contribution in [3.63, 3.8) is 0 Å². The molecule has 116 valence electrons. The summed E-state index contributed by atoms with van der Waals surface area (Å²) in [5, 5.41) is 11.8. The standard InChI is InChI=1S/C16H24N2O3/c1-12(6-5-11-17)15(19)18-14(16(20)21)10-9-13-7-3-2-4-8-13/h2-4,7-8,12,14H,5-6,9-11,17H2,1H3,(H,18,19)(H,20,21)/t12?,14-/m0/s1. The predicted octanol–water partition coefficient (Wildman–Crippen LogP) is 1.56. The van der Waals surface area contributed by atoms with Crippen LogP contribution in [0, 0.1) is 5.92 Å². The molecule has 0 heterocycles. The van der Waals surface area contributed by atoms with Gasteiger partial charge in [0, 0.05) is 5.92 Å². The maximum atomic E-state index is 12.0. The Morgan fingerprint density at radius 1 is 1.24 bits per heavy atom. The van der Waals surface area contributed by atoms with Crippen LogP contribution in [0.3, 0.4) is 0 Å². The molecule has 0 fully saturated rings. The molecule has 0 aliphatic rings. The summed E-state index contributed by atoms with van der Waals surface area (Å²) < 4.78 is 0. The number of carbonyl (C=O) groups excluding carboxylic acids is 1. The molecule has 2 atom stereocenters. The summed E-state index contributed by atoms with van der Waals surface area (Å²) in [5.74, 6) is -1.43. The van der Waals surface area contributed by atoms with Gasteiger partial charge in [-0.05, 0) is 37.8 Å². The van der Waals surface area contributed by atoms with E-state index in [1.54, 1.807) is 6.92 Å². The number of hydrogen-bond acceptors (Lipinski definition) is 3. The Labute approximate surface area is 125 Å². The molecule has 0 aliphatic carbocycles. The zero-order valence-corrected chi connectivity index (χ0v) is 12.4. The molecule has 1 unspecified atom stereocenters. The highest BCUT2D eigenvalue weighted by Gasteiger charge is 2.22. The highest BCUT2D eigenvalue weighted by molar-refractivity contribution is 5.84. The third-order valence-electron chi connectivity index (χ3n) is 3.47. The van der Waals surface area contributed by atoms with E-state index in [-0.39, 0.29) is 11.8 Å². The van der Waals surface area contributed by atoms with Crippen LogP contribution in [0.5, 0.6) is 0 Å². The summed E-state index contributed by atoms with van der Waals surface area (Å²) in [7, 11) is 0. The predicted molar refractivity (Wildman–Crippen MR) is 81.8 cm³/mol. The molecule has 0 saturated carbocycles. The summed E-state index contributed by atoms with van der Waals surface area (Å²) in [5.41, 5.74) is 6.48. The molecule has 1 rings (SSSR count). The average molecular weight is 292 g/mol. The van der Waals surface area contributed by atoms with Crippen LogP contribution in [0.25, 0.3) is 0 Å². The van der Waals surface area contributed by atoms with Crippen molar-refractivity contribution in [2.45, 2.75) is 38.6 Å². The second-order valence-electron chi connectivity index (χ2n) is 5.26. The van der Waals surface area contributed by atoms with Gasteiger partial charge in [0.15, 0.2) is 0 Å². The Kier molecular flexibility index (Phi) is 7.46. The van der Waals surface area contributed by atoms with Crippen molar-refractivity contribution in [3.8, 4) is 0 Å². The van der Waals surface area contributed by atoms with Gasteiger partial charge >= 0.3 is 5.97 Å². The summed E-state index contributed by atoms with van der Waals surface area (Å²) in [4.78, 5) is 23.2. The summed E-state index contributed by atoms with van der Waals surface area (Å²) in [6.07, 6.45) is 2.44. The van der Waals surface area contributed by atoms with Crippen LogP contribution in [-0.4, -0.2) is 29.6 Å². The van der Waals surface area contributed by atoms with Gasteiger partial charge in [-0.15, -0.1) is 0 Å². The summed E-state index contributed by atoms with van der Waals surface area (Å²) in [6, 6.07) is 8.80. The van der Waals surface area contributed by atoms with Crippen LogP contribution in [0.4, 0.5) is 0 Å². The lowest BCUT2D eigenvalue weighted by molar-refractivity contribution is -0.142. The van der Waals surface area contributed by atoms with Gasteiger partial charge in [-0.1, -0.05) is 37.3 Å². The van der Waals surface area contributed by atoms with Crippen molar-refractivity contribution in [3.05, 3.63) is 35.9 Å². The first kappa shape index (κ1) is 17.2. The average Bonchev–Trinajstić information content (AvgIpc) is 2.49. The molecule has 5 nitrogen and oxygen atoms in total. The van der Waals surface area contributed by atoms with E-state index in [0.717, 1.165) is 12.0 Å². The number of amides is 1. The van der Waals surface area contributed by atoms with Crippen molar-refractivity contribution < 1.29 is 14.7 Å². The van der Waals surface area contributed by atoms with E-state index in [4.69, 9.17) is 5.73 Å². The van der Waals surface area contributed by atoms with Gasteiger partial charge in [0.05, 0.1) is 0 Å². The van der Waals surface area contributed by atoms with Crippen LogP contribution < -0.4 is 11.1 Å². The van der Waals surface area contributed by atoms with Gasteiger partial charge in [0.25, 0.3) is 0 Å². The van der Waals surface area contributed by atoms with Gasteiger partial charge in [0.1, 0.15) is 6.04 Å². The smallest absolute Gasteiger partial charge is 0.326 e. The number of carboxylic acid groups (broad SMARTS) is 1. The van der Waals surface area contributed by atoms with E-state index < -0.39 is 12.0 Å². The Morgan fingerprint density at radius 3 is 2.48 bits per heavy atom. The van der Waals surface area contributed by atoms with Gasteiger partial charge in [-0.2, -0.15) is 0 Å². The van der Waals surface area contributed by atoms with Crippen LogP contribution in [-0.2, 0) is 16.0 Å². The molecule has 21 heavy (non-hydrogen) atoms. The second-order valence-corrected chi connectivity index (χ2v) is 5.26. The van der Waals surface area contributed by atoms with Crippen molar-refractivity contribution in [1.29, 1.82) is 0 Å². The quantitative estimate of drug-likeness (QED) is 0.644. The zero-order valence-electron chi connectivity index (χ0n) is 12.4. The zero-order chi connectivity index (χ0) is 15.7. The van der Waals surface area contributed by atoms with Gasteiger partial charge in [-0.25, -0.2) is 4.79 Å². The molecule has 0 spiro atoms. The van der Waals surface area contributed by atoms with Crippen molar-refractivity contribution in [1.82, 2.24) is 5.32 Å². The lowest BCUT2D eigenvalue weighted by atomic mass is 10.0. The Morgan fingerprint density at radius 2 is 1.90 bits per heavy atom. The molecular formula is C16H24N2O3. The maximum Gasteiger partial charge on any atom is 0.326 e. The Hall–Kier alpha value is -1.88. The maximum absolute atomic E-state index is 12.0. The van der Waals surface area contributed by atoms with Crippen LogP contribution in [0.2, 0.25) is 0 Å². The number of benzene rings is 1. The summed E-state index contributed by atoms with van der Waals surface area (Å²) in [6.45, 7) is 2.33. The first-order chi connectivity index (χ1) is 10.0. The van der Waals surface area contributed by atoms with E-state index in [9.17, 15) is 14.7 Å². The topological polar surface area (TPSA) is 92.4 Å². The molecule has 4 N–H and O–H groups in total. The first-order valence-corrected chi connectivity index (χ1v) is 7.31. The molecule has 0 aromatic heterocycles. The van der Waals surface area contributed by atoms with Crippen molar-refractivity contribution >= 4 is 11.9 Å². The second kappa shape index (κ2) is 9.13. The SMILES string of the molecule is CC(CCCN)C(=O)N[C@@H](CCc1ccccc1)C(=O)O. The number of hydrogen-bond donors (Lipinski definition) is 3. The van der Waals surface area contributed by atoms with Crippen LogP contribution >= 0.6 is 0 Å². The fraction of sp³-hybridized carbons (Fsp3) is 0.500. The fourth-order valence-corrected chi connectivity index (χ4v) is 2.08. The van der Waals surface area contributed by atoms with Crippen LogP contribution in [0.1, 0.15) is 31.7 Å². The largest absolute Gasteiger partial charge is 0.480 e. The fourth-order valence-electron chi connectivity index (χ4n) is 2.08. The molecule has 0 saturated heterocycles. The van der Waals surface area contributed by atoms with E-state index in [0.29, 0.717) is 25.8 Å². The number of nitrogens with one attached hydrogen (secondary N) is 1. The van der Waals surface area contributed by atoms with Crippen molar-refractivity contribution in [2.24, 2.45) is 11.7 Å². The van der Waals surface area contributed by atoms with E-state index in [1.807, 2.05) is 30.3 Å². The van der Waals surface area contributed by atoms with E-state index >= 15 is 0 Å². The lowest BCUT2D eigenvalue weighted by Gasteiger charge is -2.17. The lowest BCUT2D eigenvalue weighted by Crippen LogP contribution is -2.43. The highest BCUT2D eigenvalue weighted by atomic mass is 16.4. The number of rotatable bonds is 9. The Bertz CT molecular complexity index is 448. The van der Waals surface area contributed by atoms with Gasteiger partial charge in [-0.3, -0.25) is 4.79 Å². The number of aryl methyl sites for hydroxylation is 1. The third-order valence-corrected chi connectivity index (χ3v) is 3.47. The van der Waals surface area contributed by atoms with Gasteiger partial charge in [0.2, 0.25) is 5.91 Å². The van der Waals surface area contributed by atoms with Crippen molar-refractivity contribution in [2.75, 3.05) is 6.54 Å². The van der Waals surface area contributed by atoms with E-state index in [1.165, 1.54) is 0 Å². The minimum Gasteiger partial charge on any atom is -0.480 e. The van der Waals surface area contributed by atoms with Crippen LogP contribution in [0.15, 0.2) is 30.3 Å². The molecule has 1 aromatic rings. The Balaban J connectivity index is 2.50. The molecule has 0 aliphatic heterocycles. The molecule has 0 radical (unpaired) electrons.